The summed E-state index contributed by atoms with van der Waals surface area (Å²) in [5.74, 6) is -1.84. The summed E-state index contributed by atoms with van der Waals surface area (Å²) in [6.07, 6.45) is -0.595. The molecule has 2 atom stereocenters. The molecule has 0 spiro atoms. The number of carbonyl (C=O) groups is 4. The Morgan fingerprint density at radius 2 is 1.69 bits per heavy atom. The second kappa shape index (κ2) is 14.2. The molecule has 3 N–H and O–H groups in total. The molecule has 1 fully saturated rings. The molecule has 3 amide bonds. The Morgan fingerprint density at radius 3 is 2.31 bits per heavy atom. The number of hydrogen-bond acceptors (Lipinski definition) is 8. The van der Waals surface area contributed by atoms with Crippen LogP contribution in [0.3, 0.4) is 0 Å². The summed E-state index contributed by atoms with van der Waals surface area (Å²) < 4.78 is 5.01. The normalized spacial score (nSPS) is 14.8. The van der Waals surface area contributed by atoms with Crippen molar-refractivity contribution < 1.29 is 34.1 Å². The number of aliphatic hydroxyl groups is 1. The topological polar surface area (TPSA) is 162 Å². The zero-order valence-electron chi connectivity index (χ0n) is 22.2. The van der Waals surface area contributed by atoms with Crippen LogP contribution in [0.2, 0.25) is 0 Å². The van der Waals surface area contributed by atoms with E-state index in [1.165, 1.54) is 15.9 Å². The van der Waals surface area contributed by atoms with E-state index in [-0.39, 0.29) is 51.3 Å². The fourth-order valence-electron chi connectivity index (χ4n) is 4.12. The van der Waals surface area contributed by atoms with Gasteiger partial charge >= 0.3 is 12.1 Å². The van der Waals surface area contributed by atoms with E-state index in [2.05, 4.69) is 15.3 Å². The van der Waals surface area contributed by atoms with E-state index >= 15 is 0 Å². The van der Waals surface area contributed by atoms with E-state index in [4.69, 9.17) is 4.74 Å². The number of amides is 3. The molecule has 39 heavy (non-hydrogen) atoms. The van der Waals surface area contributed by atoms with E-state index in [0.29, 0.717) is 29.9 Å². The van der Waals surface area contributed by atoms with Crippen LogP contribution < -0.4 is 5.32 Å². The molecular weight excluding hydrogens is 506 g/mol. The van der Waals surface area contributed by atoms with E-state index in [9.17, 15) is 29.4 Å². The van der Waals surface area contributed by atoms with Crippen LogP contribution in [0.25, 0.3) is 11.4 Å². The van der Waals surface area contributed by atoms with Crippen LogP contribution >= 0.6 is 0 Å². The minimum Gasteiger partial charge on any atom is -0.481 e. The maximum absolute atomic E-state index is 13.3. The van der Waals surface area contributed by atoms with Crippen molar-refractivity contribution in [1.82, 2.24) is 25.1 Å². The van der Waals surface area contributed by atoms with Gasteiger partial charge in [-0.25, -0.2) is 14.8 Å². The number of carboxylic acid groups (broad SMARTS) is 1. The lowest BCUT2D eigenvalue weighted by atomic mass is 10.1. The van der Waals surface area contributed by atoms with Crippen molar-refractivity contribution in [2.45, 2.75) is 51.7 Å². The van der Waals surface area contributed by atoms with Crippen molar-refractivity contribution in [3.05, 3.63) is 47.8 Å². The van der Waals surface area contributed by atoms with Gasteiger partial charge in [-0.15, -0.1) is 0 Å². The molecular formula is C27H35N5O7. The number of rotatable bonds is 11. The molecule has 12 nitrogen and oxygen atoms in total. The maximum Gasteiger partial charge on any atom is 0.409 e. The Kier molecular flexibility index (Phi) is 10.7. The van der Waals surface area contributed by atoms with E-state index in [0.717, 1.165) is 0 Å². The van der Waals surface area contributed by atoms with Crippen LogP contribution in [0.5, 0.6) is 0 Å². The van der Waals surface area contributed by atoms with Crippen molar-refractivity contribution in [2.75, 3.05) is 32.8 Å². The summed E-state index contributed by atoms with van der Waals surface area (Å²) in [6.45, 7) is 4.62. The second-order valence-corrected chi connectivity index (χ2v) is 9.29. The lowest BCUT2D eigenvalue weighted by molar-refractivity contribution is -0.138. The monoisotopic (exact) mass is 541 g/mol. The first kappa shape index (κ1) is 29.5. The number of hydrogen-bond donors (Lipinski definition) is 3. The molecule has 1 aromatic carbocycles. The Labute approximate surface area is 227 Å². The Hall–Kier alpha value is -4.06. The van der Waals surface area contributed by atoms with Gasteiger partial charge in [0.15, 0.2) is 5.82 Å². The number of aliphatic hydroxyl groups excluding tert-OH is 1. The lowest BCUT2D eigenvalue weighted by Gasteiger charge is -2.35. The van der Waals surface area contributed by atoms with Crippen LogP contribution in [0, 0.1) is 0 Å². The van der Waals surface area contributed by atoms with Crippen LogP contribution in [0.4, 0.5) is 4.79 Å². The number of aromatic nitrogens is 2. The molecule has 3 rings (SSSR count). The largest absolute Gasteiger partial charge is 0.481 e. The summed E-state index contributed by atoms with van der Waals surface area (Å²) in [5.41, 5.74) is 1.28. The molecule has 1 aliphatic heterocycles. The molecule has 12 heteroatoms. The smallest absolute Gasteiger partial charge is 0.409 e. The average Bonchev–Trinajstić information content (AvgIpc) is 2.94. The average molecular weight is 542 g/mol. The van der Waals surface area contributed by atoms with E-state index in [1.807, 2.05) is 30.3 Å². The highest BCUT2D eigenvalue weighted by Gasteiger charge is 2.31. The third kappa shape index (κ3) is 8.74. The highest BCUT2D eigenvalue weighted by molar-refractivity contribution is 5.96. The Balaban J connectivity index is 1.79. The number of piperazine rings is 1. The number of benzene rings is 1. The first-order chi connectivity index (χ1) is 18.7. The first-order valence-electron chi connectivity index (χ1n) is 13.0. The molecule has 1 saturated heterocycles. The lowest BCUT2D eigenvalue weighted by Crippen LogP contribution is -2.56. The van der Waals surface area contributed by atoms with E-state index in [1.54, 1.807) is 13.8 Å². The maximum atomic E-state index is 13.3. The van der Waals surface area contributed by atoms with Crippen molar-refractivity contribution in [2.24, 2.45) is 0 Å². The van der Waals surface area contributed by atoms with Crippen LogP contribution in [-0.2, 0) is 20.7 Å². The van der Waals surface area contributed by atoms with Gasteiger partial charge in [0.05, 0.1) is 12.7 Å². The summed E-state index contributed by atoms with van der Waals surface area (Å²) >= 11 is 0. The molecule has 0 saturated carbocycles. The minimum atomic E-state index is -1.10. The second-order valence-electron chi connectivity index (χ2n) is 9.29. The molecule has 0 aliphatic carbocycles. The zero-order valence-corrected chi connectivity index (χ0v) is 22.2. The van der Waals surface area contributed by atoms with Crippen molar-refractivity contribution in [1.29, 1.82) is 0 Å². The van der Waals surface area contributed by atoms with Crippen LogP contribution in [-0.4, -0.2) is 98.8 Å². The highest BCUT2D eigenvalue weighted by Crippen LogP contribution is 2.17. The van der Waals surface area contributed by atoms with Gasteiger partial charge in [0, 0.05) is 43.9 Å². The quantitative estimate of drug-likeness (QED) is 0.384. The number of ether oxygens (including phenoxy) is 1. The van der Waals surface area contributed by atoms with Gasteiger partial charge < -0.3 is 30.1 Å². The van der Waals surface area contributed by atoms with Crippen LogP contribution in [0.15, 0.2) is 36.4 Å². The summed E-state index contributed by atoms with van der Waals surface area (Å²) in [4.78, 5) is 61.9. The van der Waals surface area contributed by atoms with Crippen LogP contribution in [0.1, 0.15) is 49.3 Å². The van der Waals surface area contributed by atoms with Crippen molar-refractivity contribution in [3.63, 3.8) is 0 Å². The third-order valence-electron chi connectivity index (χ3n) is 6.23. The van der Waals surface area contributed by atoms with E-state index < -0.39 is 36.0 Å². The molecule has 0 radical (unpaired) electrons. The molecule has 2 aromatic rings. The van der Waals surface area contributed by atoms with Gasteiger partial charge in [-0.1, -0.05) is 30.3 Å². The van der Waals surface area contributed by atoms with Gasteiger partial charge in [-0.2, -0.15) is 0 Å². The fourth-order valence-corrected chi connectivity index (χ4v) is 4.12. The summed E-state index contributed by atoms with van der Waals surface area (Å²) in [5, 5.41) is 21.6. The fraction of sp³-hybridized carbons (Fsp3) is 0.481. The van der Waals surface area contributed by atoms with Gasteiger partial charge in [0.25, 0.3) is 5.91 Å². The third-order valence-corrected chi connectivity index (χ3v) is 6.23. The summed E-state index contributed by atoms with van der Waals surface area (Å²) in [7, 11) is 0. The molecule has 210 valence electrons. The Morgan fingerprint density at radius 1 is 1.03 bits per heavy atom. The number of carbonyl (C=O) groups excluding carboxylic acids is 3. The van der Waals surface area contributed by atoms with Crippen molar-refractivity contribution in [3.8, 4) is 11.4 Å². The zero-order chi connectivity index (χ0) is 28.4. The molecule has 2 heterocycles. The summed E-state index contributed by atoms with van der Waals surface area (Å²) in [6, 6.07) is 9.53. The first-order valence-corrected chi connectivity index (χ1v) is 13.0. The standard InChI is InChI=1S/C27H35N5O7/c1-3-39-27(38)32-15-13-31(14-16-32)26(37)21(11-12-23(34)35)30-25(36)22-17-20(10-9-18(2)33)28-24(29-22)19-7-5-4-6-8-19/h4-8,17-18,21,33H,3,9-16H2,1-2H3,(H,30,36)(H,34,35)/t18?,21-/m0/s1. The molecule has 1 aromatic heterocycles. The number of aryl methyl sites for hydroxylation is 1. The van der Waals surface area contributed by atoms with Gasteiger partial charge in [-0.3, -0.25) is 14.4 Å². The number of nitrogens with one attached hydrogen (secondary N) is 1. The van der Waals surface area contributed by atoms with Crippen molar-refractivity contribution >= 4 is 23.9 Å². The molecule has 1 aliphatic rings. The Bertz CT molecular complexity index is 1150. The predicted molar refractivity (Wildman–Crippen MR) is 141 cm³/mol. The van der Waals surface area contributed by atoms with Gasteiger partial charge in [0.1, 0.15) is 11.7 Å². The minimum absolute atomic E-state index is 0.0321. The predicted octanol–water partition coefficient (Wildman–Crippen LogP) is 1.72. The SMILES string of the molecule is CCOC(=O)N1CCN(C(=O)[C@H](CCC(=O)O)NC(=O)c2cc(CCC(C)O)nc(-c3ccccc3)n2)CC1. The molecule has 1 unspecified atom stereocenters. The molecule has 0 bridgehead atoms. The number of nitrogens with zero attached hydrogens (tertiary/aromatic N) is 4. The number of carboxylic acids is 1. The number of aliphatic carboxylic acids is 1. The highest BCUT2D eigenvalue weighted by atomic mass is 16.6. The van der Waals surface area contributed by atoms with Gasteiger partial charge in [0.2, 0.25) is 5.91 Å². The van der Waals surface area contributed by atoms with Gasteiger partial charge in [-0.05, 0) is 39.2 Å².